The summed E-state index contributed by atoms with van der Waals surface area (Å²) >= 11 is 1.30. The molecule has 0 atom stereocenters. The van der Waals surface area contributed by atoms with E-state index in [-0.39, 0.29) is 18.3 Å². The summed E-state index contributed by atoms with van der Waals surface area (Å²) in [4.78, 5) is 16.8. The number of hydrogen-bond donors (Lipinski definition) is 1. The molecule has 0 unspecified atom stereocenters. The van der Waals surface area contributed by atoms with Crippen molar-refractivity contribution >= 4 is 22.4 Å². The van der Waals surface area contributed by atoms with Gasteiger partial charge in [-0.2, -0.15) is 5.10 Å². The minimum absolute atomic E-state index is 0.178. The molecule has 0 radical (unpaired) electrons. The van der Waals surface area contributed by atoms with Crippen molar-refractivity contribution in [2.45, 2.75) is 0 Å². The number of carbonyl (C=O) groups excluding carboxylic acids is 1. The Labute approximate surface area is 182 Å². The number of hydrogen-bond acceptors (Lipinski definition) is 6. The lowest BCUT2D eigenvalue weighted by Crippen LogP contribution is -2.20. The Morgan fingerprint density at radius 3 is 2.65 bits per heavy atom. The lowest BCUT2D eigenvalue weighted by atomic mass is 10.1. The molecule has 0 aliphatic heterocycles. The van der Waals surface area contributed by atoms with E-state index in [1.807, 2.05) is 17.6 Å². The molecule has 158 valence electrons. The van der Waals surface area contributed by atoms with Gasteiger partial charge in [-0.3, -0.25) is 14.8 Å². The number of amides is 1. The van der Waals surface area contributed by atoms with Crippen molar-refractivity contribution in [2.75, 3.05) is 19.0 Å². The largest absolute Gasteiger partial charge is 0.493 e. The zero-order valence-electron chi connectivity index (χ0n) is 16.8. The van der Waals surface area contributed by atoms with Crippen LogP contribution in [-0.2, 0) is 11.8 Å². The first-order valence-electron chi connectivity index (χ1n) is 9.34. The van der Waals surface area contributed by atoms with Gasteiger partial charge in [-0.1, -0.05) is 12.1 Å². The quantitative estimate of drug-likeness (QED) is 0.463. The van der Waals surface area contributed by atoms with Gasteiger partial charge in [-0.15, -0.1) is 11.3 Å². The van der Waals surface area contributed by atoms with Crippen LogP contribution in [0.4, 0.5) is 9.52 Å². The topological polar surface area (TPSA) is 78.3 Å². The minimum atomic E-state index is -0.336. The Morgan fingerprint density at radius 1 is 1.16 bits per heavy atom. The number of para-hydroxylation sites is 2. The highest BCUT2D eigenvalue weighted by Gasteiger charge is 2.16. The molecule has 0 bridgehead atoms. The maximum Gasteiger partial charge on any atom is 0.264 e. The van der Waals surface area contributed by atoms with E-state index < -0.39 is 0 Å². The fourth-order valence-electron chi connectivity index (χ4n) is 2.99. The summed E-state index contributed by atoms with van der Waals surface area (Å²) in [5, 5.41) is 9.49. The van der Waals surface area contributed by atoms with Gasteiger partial charge in [0.1, 0.15) is 11.5 Å². The number of ether oxygens (including phenoxy) is 2. The van der Waals surface area contributed by atoms with Gasteiger partial charge in [-0.05, 0) is 36.4 Å². The molecular weight excluding hydrogens is 419 g/mol. The van der Waals surface area contributed by atoms with Crippen LogP contribution in [0.25, 0.3) is 22.5 Å². The van der Waals surface area contributed by atoms with Crippen molar-refractivity contribution in [3.63, 3.8) is 0 Å². The zero-order valence-corrected chi connectivity index (χ0v) is 17.6. The Hall–Kier alpha value is -3.72. The second-order valence-corrected chi connectivity index (χ2v) is 7.46. The van der Waals surface area contributed by atoms with Crippen LogP contribution in [0.5, 0.6) is 11.5 Å². The molecule has 0 saturated heterocycles. The lowest BCUT2D eigenvalue weighted by Gasteiger charge is -2.09. The molecule has 2 aromatic heterocycles. The number of thiazole rings is 1. The number of aryl methyl sites for hydroxylation is 1. The average Bonchev–Trinajstić information content (AvgIpc) is 3.39. The van der Waals surface area contributed by atoms with E-state index in [0.29, 0.717) is 28.0 Å². The molecular formula is C22H19FN4O3S. The molecule has 4 rings (SSSR count). The van der Waals surface area contributed by atoms with Gasteiger partial charge in [0.15, 0.2) is 23.2 Å². The molecule has 2 heterocycles. The van der Waals surface area contributed by atoms with Crippen LogP contribution in [-0.4, -0.2) is 34.4 Å². The normalized spacial score (nSPS) is 10.7. The van der Waals surface area contributed by atoms with E-state index in [9.17, 15) is 9.18 Å². The van der Waals surface area contributed by atoms with Gasteiger partial charge in [0, 0.05) is 29.8 Å². The predicted molar refractivity (Wildman–Crippen MR) is 117 cm³/mol. The van der Waals surface area contributed by atoms with Crippen LogP contribution in [0.3, 0.4) is 0 Å². The van der Waals surface area contributed by atoms with E-state index in [1.165, 1.54) is 30.6 Å². The van der Waals surface area contributed by atoms with E-state index in [1.54, 1.807) is 42.1 Å². The van der Waals surface area contributed by atoms with Gasteiger partial charge in [0.25, 0.3) is 5.91 Å². The number of nitrogens with one attached hydrogen (secondary N) is 1. The molecule has 0 aliphatic rings. The molecule has 31 heavy (non-hydrogen) atoms. The highest BCUT2D eigenvalue weighted by atomic mass is 32.1. The van der Waals surface area contributed by atoms with Gasteiger partial charge < -0.3 is 9.47 Å². The lowest BCUT2D eigenvalue weighted by molar-refractivity contribution is -0.118. The van der Waals surface area contributed by atoms with Crippen molar-refractivity contribution in [2.24, 2.45) is 7.05 Å². The van der Waals surface area contributed by atoms with Crippen LogP contribution in [0, 0.1) is 5.82 Å². The second kappa shape index (κ2) is 8.97. The van der Waals surface area contributed by atoms with Crippen LogP contribution in [0.15, 0.2) is 60.1 Å². The number of anilines is 1. The van der Waals surface area contributed by atoms with Crippen molar-refractivity contribution in [3.05, 3.63) is 65.9 Å². The first kappa shape index (κ1) is 20.5. The second-order valence-electron chi connectivity index (χ2n) is 6.60. The van der Waals surface area contributed by atoms with E-state index >= 15 is 0 Å². The van der Waals surface area contributed by atoms with Crippen LogP contribution in [0.1, 0.15) is 0 Å². The van der Waals surface area contributed by atoms with Crippen LogP contribution < -0.4 is 14.8 Å². The molecule has 4 aromatic rings. The maximum atomic E-state index is 13.3. The van der Waals surface area contributed by atoms with Crippen molar-refractivity contribution in [1.29, 1.82) is 0 Å². The Bertz CT molecular complexity index is 1200. The summed E-state index contributed by atoms with van der Waals surface area (Å²) in [6.45, 7) is -0.178. The van der Waals surface area contributed by atoms with Crippen LogP contribution in [0.2, 0.25) is 0 Å². The monoisotopic (exact) mass is 438 g/mol. The predicted octanol–water partition coefficient (Wildman–Crippen LogP) is 4.38. The SMILES string of the molecule is COc1ccccc1OCC(=O)Nc1nc(-c2cn(C)nc2-c2ccc(F)cc2)cs1. The van der Waals surface area contributed by atoms with Crippen molar-refractivity contribution < 1.29 is 18.7 Å². The first-order valence-corrected chi connectivity index (χ1v) is 10.2. The smallest absolute Gasteiger partial charge is 0.264 e. The van der Waals surface area contributed by atoms with Gasteiger partial charge in [-0.25, -0.2) is 9.37 Å². The number of carbonyl (C=O) groups is 1. The van der Waals surface area contributed by atoms with Crippen molar-refractivity contribution in [1.82, 2.24) is 14.8 Å². The molecule has 0 fully saturated rings. The third-order valence-corrected chi connectivity index (χ3v) is 5.16. The molecule has 7 nitrogen and oxygen atoms in total. The van der Waals surface area contributed by atoms with E-state index in [0.717, 1.165) is 11.1 Å². The van der Waals surface area contributed by atoms with Crippen molar-refractivity contribution in [3.8, 4) is 34.0 Å². The number of aromatic nitrogens is 3. The maximum absolute atomic E-state index is 13.3. The first-order chi connectivity index (χ1) is 15.0. The third-order valence-electron chi connectivity index (χ3n) is 4.40. The van der Waals surface area contributed by atoms with E-state index in [2.05, 4.69) is 15.4 Å². The number of methoxy groups -OCH3 is 1. The number of halogens is 1. The number of benzene rings is 2. The van der Waals surface area contributed by atoms with Gasteiger partial charge in [0.05, 0.1) is 12.8 Å². The molecule has 9 heteroatoms. The highest BCUT2D eigenvalue weighted by Crippen LogP contribution is 2.33. The molecule has 0 aliphatic carbocycles. The highest BCUT2D eigenvalue weighted by molar-refractivity contribution is 7.14. The molecule has 2 aromatic carbocycles. The Kier molecular flexibility index (Phi) is 5.94. The van der Waals surface area contributed by atoms with E-state index in [4.69, 9.17) is 9.47 Å². The summed E-state index contributed by atoms with van der Waals surface area (Å²) in [6.07, 6.45) is 1.84. The summed E-state index contributed by atoms with van der Waals surface area (Å²) in [5.74, 6) is 0.392. The molecule has 1 N–H and O–H groups in total. The molecule has 0 spiro atoms. The Morgan fingerprint density at radius 2 is 1.90 bits per heavy atom. The number of rotatable bonds is 7. The zero-order chi connectivity index (χ0) is 21.8. The number of nitrogens with zero attached hydrogens (tertiary/aromatic N) is 3. The van der Waals surface area contributed by atoms with Gasteiger partial charge >= 0.3 is 0 Å². The summed E-state index contributed by atoms with van der Waals surface area (Å²) < 4.78 is 25.7. The molecule has 1 amide bonds. The summed E-state index contributed by atoms with van der Waals surface area (Å²) in [7, 11) is 3.35. The molecule has 0 saturated carbocycles. The fraction of sp³-hybridized carbons (Fsp3) is 0.136. The minimum Gasteiger partial charge on any atom is -0.493 e. The third kappa shape index (κ3) is 4.72. The van der Waals surface area contributed by atoms with Crippen LogP contribution >= 0.6 is 11.3 Å². The fourth-order valence-corrected chi connectivity index (χ4v) is 3.72. The summed E-state index contributed by atoms with van der Waals surface area (Å²) in [5.41, 5.74) is 2.92. The standard InChI is InChI=1S/C22H19FN4O3S/c1-27-11-16(21(26-27)14-7-9-15(23)10-8-14)17-13-31-22(24-17)25-20(28)12-30-19-6-4-3-5-18(19)29-2/h3-11,13H,12H2,1-2H3,(H,24,25,28). The Balaban J connectivity index is 1.46. The average molecular weight is 438 g/mol. The van der Waals surface area contributed by atoms with Gasteiger partial charge in [0.2, 0.25) is 0 Å². The summed E-state index contributed by atoms with van der Waals surface area (Å²) in [6, 6.07) is 13.2.